The predicted molar refractivity (Wildman–Crippen MR) is 113 cm³/mol. The van der Waals surface area contributed by atoms with Crippen LogP contribution in [0.1, 0.15) is 51.2 Å². The number of benzene rings is 2. The maximum atomic E-state index is 13.8. The Hall–Kier alpha value is -3.29. The number of hydrogen-bond donors (Lipinski definition) is 2. The summed E-state index contributed by atoms with van der Waals surface area (Å²) in [6.07, 6.45) is -4.70. The number of rotatable bonds is 3. The van der Waals surface area contributed by atoms with Gasteiger partial charge in [-0.1, -0.05) is 35.9 Å². The van der Waals surface area contributed by atoms with Gasteiger partial charge in [-0.3, -0.25) is 4.79 Å². The van der Waals surface area contributed by atoms with Crippen molar-refractivity contribution in [3.05, 3.63) is 76.5 Å². The quantitative estimate of drug-likeness (QED) is 0.561. The molecule has 5 nitrogen and oxygen atoms in total. The number of fused-ring (bicyclic) bond motifs is 1. The standard InChI is InChI=1S/C23H23F3N4O/c1-13-4-6-16(7-5-13)18-11-20(23(24,25)26)30-21(28-18)12-19(29-30)22(31)27-17-9-14(2)8-15(3)10-17/h4-10,12,18,20,28H,11H2,1-3H3,(H,27,31)/t18-,20+/m0/s1. The van der Waals surface area contributed by atoms with Gasteiger partial charge < -0.3 is 10.6 Å². The molecule has 1 aliphatic rings. The molecule has 8 heteroatoms. The van der Waals surface area contributed by atoms with Gasteiger partial charge in [0.1, 0.15) is 5.82 Å². The number of carbonyl (C=O) groups excluding carboxylic acids is 1. The van der Waals surface area contributed by atoms with Gasteiger partial charge in [0.05, 0.1) is 6.04 Å². The number of halogens is 3. The Morgan fingerprint density at radius 1 is 1.03 bits per heavy atom. The first-order valence-corrected chi connectivity index (χ1v) is 9.99. The van der Waals surface area contributed by atoms with Gasteiger partial charge in [0.25, 0.3) is 5.91 Å². The van der Waals surface area contributed by atoms with E-state index in [4.69, 9.17) is 0 Å². The van der Waals surface area contributed by atoms with Crippen LogP contribution in [0.3, 0.4) is 0 Å². The van der Waals surface area contributed by atoms with Crippen molar-refractivity contribution in [3.8, 4) is 0 Å². The van der Waals surface area contributed by atoms with E-state index in [1.807, 2.05) is 51.1 Å². The first kappa shape index (κ1) is 21.0. The second-order valence-electron chi connectivity index (χ2n) is 8.09. The third-order valence-corrected chi connectivity index (χ3v) is 5.38. The molecule has 0 bridgehead atoms. The number of alkyl halides is 3. The molecule has 2 heterocycles. The minimum Gasteiger partial charge on any atom is -0.363 e. The van der Waals surface area contributed by atoms with Crippen LogP contribution in [0.4, 0.5) is 24.7 Å². The Morgan fingerprint density at radius 3 is 2.29 bits per heavy atom. The van der Waals surface area contributed by atoms with Crippen LogP contribution in [0.2, 0.25) is 0 Å². The van der Waals surface area contributed by atoms with E-state index in [0.29, 0.717) is 5.69 Å². The second kappa shape index (κ2) is 7.76. The molecule has 2 aromatic carbocycles. The maximum Gasteiger partial charge on any atom is 0.410 e. The molecule has 0 fully saturated rings. The summed E-state index contributed by atoms with van der Waals surface area (Å²) in [5, 5.41) is 9.84. The molecule has 162 valence electrons. The molecule has 0 radical (unpaired) electrons. The lowest BCUT2D eigenvalue weighted by Gasteiger charge is -2.33. The number of nitrogens with one attached hydrogen (secondary N) is 2. The van der Waals surface area contributed by atoms with Crippen LogP contribution in [0, 0.1) is 20.8 Å². The van der Waals surface area contributed by atoms with Gasteiger partial charge in [-0.25, -0.2) is 4.68 Å². The number of carbonyl (C=O) groups is 1. The molecule has 0 saturated heterocycles. The predicted octanol–water partition coefficient (Wildman–Crippen LogP) is 5.72. The highest BCUT2D eigenvalue weighted by atomic mass is 19.4. The Morgan fingerprint density at radius 2 is 1.68 bits per heavy atom. The normalized spacial score (nSPS) is 18.3. The van der Waals surface area contributed by atoms with Crippen molar-refractivity contribution < 1.29 is 18.0 Å². The van der Waals surface area contributed by atoms with E-state index >= 15 is 0 Å². The minimum atomic E-state index is -4.49. The Labute approximate surface area is 178 Å². The number of aromatic nitrogens is 2. The van der Waals surface area contributed by atoms with E-state index < -0.39 is 24.2 Å². The third-order valence-electron chi connectivity index (χ3n) is 5.38. The summed E-state index contributed by atoms with van der Waals surface area (Å²) >= 11 is 0. The molecule has 1 aromatic heterocycles. The molecular weight excluding hydrogens is 405 g/mol. The molecule has 0 unspecified atom stereocenters. The summed E-state index contributed by atoms with van der Waals surface area (Å²) < 4.78 is 42.4. The number of amides is 1. The van der Waals surface area contributed by atoms with Gasteiger partial charge in [-0.05, 0) is 49.6 Å². The van der Waals surface area contributed by atoms with Crippen LogP contribution in [-0.2, 0) is 0 Å². The second-order valence-corrected chi connectivity index (χ2v) is 8.09. The minimum absolute atomic E-state index is 0.0690. The molecule has 2 atom stereocenters. The molecule has 0 aliphatic carbocycles. The van der Waals surface area contributed by atoms with Crippen molar-refractivity contribution in [2.75, 3.05) is 10.6 Å². The first-order chi connectivity index (χ1) is 14.6. The number of aryl methyl sites for hydroxylation is 3. The highest BCUT2D eigenvalue weighted by molar-refractivity contribution is 6.03. The summed E-state index contributed by atoms with van der Waals surface area (Å²) in [4.78, 5) is 12.7. The largest absolute Gasteiger partial charge is 0.410 e. The molecule has 1 aliphatic heterocycles. The Kier molecular flexibility index (Phi) is 5.24. The fourth-order valence-electron chi connectivity index (χ4n) is 3.94. The lowest BCUT2D eigenvalue weighted by molar-refractivity contribution is -0.173. The van der Waals surface area contributed by atoms with E-state index in [0.717, 1.165) is 26.9 Å². The van der Waals surface area contributed by atoms with Gasteiger partial charge in [0.2, 0.25) is 0 Å². The Bertz CT molecular complexity index is 1100. The zero-order valence-corrected chi connectivity index (χ0v) is 17.4. The van der Waals surface area contributed by atoms with Crippen LogP contribution in [-0.4, -0.2) is 21.9 Å². The van der Waals surface area contributed by atoms with Crippen molar-refractivity contribution >= 4 is 17.4 Å². The smallest absolute Gasteiger partial charge is 0.363 e. The van der Waals surface area contributed by atoms with E-state index in [2.05, 4.69) is 15.7 Å². The lowest BCUT2D eigenvalue weighted by Crippen LogP contribution is -2.35. The van der Waals surface area contributed by atoms with Crippen molar-refractivity contribution in [1.29, 1.82) is 0 Å². The summed E-state index contributed by atoms with van der Waals surface area (Å²) in [6, 6.07) is 12.0. The fraction of sp³-hybridized carbons (Fsp3) is 0.304. The Balaban J connectivity index is 1.64. The lowest BCUT2D eigenvalue weighted by atomic mass is 9.96. The summed E-state index contributed by atoms with van der Waals surface area (Å²) in [6.45, 7) is 5.73. The van der Waals surface area contributed by atoms with Gasteiger partial charge in [0, 0.05) is 18.2 Å². The van der Waals surface area contributed by atoms with Gasteiger partial charge in [-0.2, -0.15) is 18.3 Å². The highest BCUT2D eigenvalue weighted by Crippen LogP contribution is 2.43. The zero-order valence-electron chi connectivity index (χ0n) is 17.4. The van der Waals surface area contributed by atoms with Crippen molar-refractivity contribution in [2.45, 2.75) is 45.5 Å². The van der Waals surface area contributed by atoms with E-state index in [1.54, 1.807) is 12.1 Å². The number of anilines is 2. The van der Waals surface area contributed by atoms with E-state index in [9.17, 15) is 18.0 Å². The van der Waals surface area contributed by atoms with Crippen LogP contribution < -0.4 is 10.6 Å². The third kappa shape index (κ3) is 4.42. The number of nitrogens with zero attached hydrogens (tertiary/aromatic N) is 2. The molecule has 0 spiro atoms. The molecular formula is C23H23F3N4O. The monoisotopic (exact) mass is 428 g/mol. The van der Waals surface area contributed by atoms with Crippen LogP contribution in [0.5, 0.6) is 0 Å². The average Bonchev–Trinajstić information content (AvgIpc) is 3.10. The van der Waals surface area contributed by atoms with Crippen LogP contribution in [0.25, 0.3) is 0 Å². The van der Waals surface area contributed by atoms with Gasteiger partial charge in [0.15, 0.2) is 11.7 Å². The van der Waals surface area contributed by atoms with Crippen LogP contribution in [0.15, 0.2) is 48.5 Å². The van der Waals surface area contributed by atoms with Crippen molar-refractivity contribution in [2.24, 2.45) is 0 Å². The van der Waals surface area contributed by atoms with E-state index in [-0.39, 0.29) is 17.9 Å². The summed E-state index contributed by atoms with van der Waals surface area (Å²) in [5.41, 5.74) is 4.24. The zero-order chi connectivity index (χ0) is 22.3. The van der Waals surface area contributed by atoms with Crippen molar-refractivity contribution in [1.82, 2.24) is 9.78 Å². The SMILES string of the molecule is Cc1ccc([C@@H]2C[C@H](C(F)(F)F)n3nc(C(=O)Nc4cc(C)cc(C)c4)cc3N2)cc1. The number of hydrogen-bond acceptors (Lipinski definition) is 3. The molecule has 0 saturated carbocycles. The van der Waals surface area contributed by atoms with Gasteiger partial charge in [-0.15, -0.1) is 0 Å². The fourth-order valence-corrected chi connectivity index (χ4v) is 3.94. The van der Waals surface area contributed by atoms with Crippen LogP contribution >= 0.6 is 0 Å². The summed E-state index contributed by atoms with van der Waals surface area (Å²) in [7, 11) is 0. The molecule has 31 heavy (non-hydrogen) atoms. The molecule has 3 aromatic rings. The first-order valence-electron chi connectivity index (χ1n) is 9.99. The molecule has 1 amide bonds. The van der Waals surface area contributed by atoms with Gasteiger partial charge >= 0.3 is 6.18 Å². The van der Waals surface area contributed by atoms with E-state index in [1.165, 1.54) is 6.07 Å². The average molecular weight is 428 g/mol. The summed E-state index contributed by atoms with van der Waals surface area (Å²) in [5.74, 6) is -0.383. The highest BCUT2D eigenvalue weighted by Gasteiger charge is 2.46. The molecule has 2 N–H and O–H groups in total. The maximum absolute atomic E-state index is 13.8. The molecule has 4 rings (SSSR count). The topological polar surface area (TPSA) is 59.0 Å². The van der Waals surface area contributed by atoms with Crippen molar-refractivity contribution in [3.63, 3.8) is 0 Å².